The summed E-state index contributed by atoms with van der Waals surface area (Å²) in [7, 11) is -3.92. The summed E-state index contributed by atoms with van der Waals surface area (Å²) >= 11 is 5.99. The number of nitrogens with zero attached hydrogens (tertiary/aromatic N) is 3. The number of piperazine rings is 1. The summed E-state index contributed by atoms with van der Waals surface area (Å²) in [6, 6.07) is 10.8. The Balaban J connectivity index is 1.50. The Morgan fingerprint density at radius 2 is 1.81 bits per heavy atom. The molecular weight excluding hydrogens is 444 g/mol. The number of hydrogen-bond donors (Lipinski definition) is 1. The number of aromatic amines is 1. The maximum Gasteiger partial charge on any atom is 0.270 e. The molecule has 0 spiro atoms. The van der Waals surface area contributed by atoms with Gasteiger partial charge in [-0.3, -0.25) is 14.9 Å². The highest BCUT2D eigenvalue weighted by atomic mass is 35.5. The molecule has 0 bridgehead atoms. The maximum absolute atomic E-state index is 13.1. The molecule has 11 heteroatoms. The fourth-order valence-electron chi connectivity index (χ4n) is 3.64. The first kappa shape index (κ1) is 21.3. The molecule has 1 aliphatic rings. The Kier molecular flexibility index (Phi) is 5.46. The number of halogens is 1. The third-order valence-corrected chi connectivity index (χ3v) is 7.62. The van der Waals surface area contributed by atoms with Crippen molar-refractivity contribution in [2.75, 3.05) is 26.2 Å². The number of rotatable bonds is 4. The van der Waals surface area contributed by atoms with Gasteiger partial charge in [-0.05, 0) is 30.7 Å². The molecular formula is C20H19ClN4O5S. The van der Waals surface area contributed by atoms with E-state index in [0.717, 1.165) is 17.0 Å². The number of carbonyl (C=O) groups is 1. The summed E-state index contributed by atoms with van der Waals surface area (Å²) in [5.74, 6) is -0.226. The highest BCUT2D eigenvalue weighted by Gasteiger charge is 2.32. The van der Waals surface area contributed by atoms with Crippen LogP contribution in [-0.2, 0) is 10.0 Å². The monoisotopic (exact) mass is 462 g/mol. The highest BCUT2D eigenvalue weighted by molar-refractivity contribution is 7.89. The zero-order valence-electron chi connectivity index (χ0n) is 16.5. The van der Waals surface area contributed by atoms with Gasteiger partial charge in [-0.1, -0.05) is 23.7 Å². The van der Waals surface area contributed by atoms with Crippen molar-refractivity contribution < 1.29 is 18.1 Å². The zero-order valence-corrected chi connectivity index (χ0v) is 18.1. The molecule has 2 heterocycles. The molecule has 0 radical (unpaired) electrons. The lowest BCUT2D eigenvalue weighted by molar-refractivity contribution is -0.385. The van der Waals surface area contributed by atoms with Crippen LogP contribution in [0, 0.1) is 17.0 Å². The molecule has 162 valence electrons. The fraction of sp³-hybridized carbons (Fsp3) is 0.250. The van der Waals surface area contributed by atoms with E-state index in [1.807, 2.05) is 6.07 Å². The van der Waals surface area contributed by atoms with E-state index in [2.05, 4.69) is 4.98 Å². The van der Waals surface area contributed by atoms with Gasteiger partial charge in [0.1, 0.15) is 5.69 Å². The number of benzene rings is 2. The second-order valence-electron chi connectivity index (χ2n) is 7.32. The molecule has 1 saturated heterocycles. The van der Waals surface area contributed by atoms with Crippen LogP contribution >= 0.6 is 11.6 Å². The number of nitro benzene ring substituents is 1. The molecule has 1 fully saturated rings. The molecule has 0 atom stereocenters. The molecule has 1 N–H and O–H groups in total. The van der Waals surface area contributed by atoms with E-state index in [-0.39, 0.29) is 42.7 Å². The molecule has 1 aromatic heterocycles. The first-order chi connectivity index (χ1) is 14.7. The van der Waals surface area contributed by atoms with Crippen LogP contribution in [0.1, 0.15) is 16.1 Å². The first-order valence-corrected chi connectivity index (χ1v) is 11.3. The van der Waals surface area contributed by atoms with Crippen LogP contribution in [0.5, 0.6) is 0 Å². The van der Waals surface area contributed by atoms with Crippen LogP contribution in [0.15, 0.2) is 47.4 Å². The van der Waals surface area contributed by atoms with Crippen LogP contribution in [0.25, 0.3) is 10.9 Å². The standard InChI is InChI=1S/C20H19ClN4O5S/c1-13-2-5-16(25(27)28)12-19(13)31(29,30)24-8-6-23(7-9-24)20(26)18-10-14-3-4-15(21)11-17(14)22-18/h2-5,10-12,22H,6-9H2,1H3. The van der Waals surface area contributed by atoms with Crippen LogP contribution in [0.2, 0.25) is 5.02 Å². The molecule has 2 aromatic carbocycles. The molecule has 9 nitrogen and oxygen atoms in total. The first-order valence-electron chi connectivity index (χ1n) is 9.49. The average Bonchev–Trinajstić information content (AvgIpc) is 3.16. The molecule has 0 aliphatic carbocycles. The van der Waals surface area contributed by atoms with Crippen LogP contribution < -0.4 is 0 Å². The van der Waals surface area contributed by atoms with Gasteiger partial charge in [0.2, 0.25) is 10.0 Å². The zero-order chi connectivity index (χ0) is 22.3. The maximum atomic E-state index is 13.1. The van der Waals surface area contributed by atoms with Gasteiger partial charge in [0.15, 0.2) is 0 Å². The fourth-order valence-corrected chi connectivity index (χ4v) is 5.47. The minimum Gasteiger partial charge on any atom is -0.350 e. The number of sulfonamides is 1. The molecule has 0 unspecified atom stereocenters. The number of nitrogens with one attached hydrogen (secondary N) is 1. The van der Waals surface area contributed by atoms with Crippen molar-refractivity contribution in [2.45, 2.75) is 11.8 Å². The molecule has 1 amide bonds. The number of aryl methyl sites for hydroxylation is 1. The number of amides is 1. The Bertz CT molecular complexity index is 1300. The lowest BCUT2D eigenvalue weighted by Gasteiger charge is -2.34. The van der Waals surface area contributed by atoms with Gasteiger partial charge >= 0.3 is 0 Å². The van der Waals surface area contributed by atoms with E-state index in [1.165, 1.54) is 16.4 Å². The number of aromatic nitrogens is 1. The quantitative estimate of drug-likeness (QED) is 0.472. The molecule has 1 aliphatic heterocycles. The number of H-pyrrole nitrogens is 1. The smallest absolute Gasteiger partial charge is 0.270 e. The molecule has 4 rings (SSSR count). The number of hydrogen-bond acceptors (Lipinski definition) is 5. The van der Waals surface area contributed by atoms with Crippen molar-refractivity contribution in [1.82, 2.24) is 14.2 Å². The number of carbonyl (C=O) groups excluding carboxylic acids is 1. The van der Waals surface area contributed by atoms with Crippen molar-refractivity contribution >= 4 is 44.1 Å². The molecule has 31 heavy (non-hydrogen) atoms. The molecule has 0 saturated carbocycles. The Hall–Kier alpha value is -2.95. The summed E-state index contributed by atoms with van der Waals surface area (Å²) in [5, 5.41) is 12.5. The predicted molar refractivity (Wildman–Crippen MR) is 116 cm³/mol. The Morgan fingerprint density at radius 3 is 2.48 bits per heavy atom. The molecule has 3 aromatic rings. The van der Waals surface area contributed by atoms with Gasteiger partial charge in [0, 0.05) is 54.2 Å². The summed E-state index contributed by atoms with van der Waals surface area (Å²) in [6.45, 7) is 2.22. The predicted octanol–water partition coefficient (Wildman–Crippen LogP) is 3.18. The van der Waals surface area contributed by atoms with E-state index in [0.29, 0.717) is 16.3 Å². The van der Waals surface area contributed by atoms with Gasteiger partial charge in [-0.2, -0.15) is 4.31 Å². The van der Waals surface area contributed by atoms with E-state index in [1.54, 1.807) is 30.0 Å². The Morgan fingerprint density at radius 1 is 1.10 bits per heavy atom. The third-order valence-electron chi connectivity index (χ3n) is 5.34. The summed E-state index contributed by atoms with van der Waals surface area (Å²) in [6.07, 6.45) is 0. The van der Waals surface area contributed by atoms with Crippen LogP contribution in [-0.4, -0.2) is 59.6 Å². The number of non-ortho nitro benzene ring substituents is 1. The van der Waals surface area contributed by atoms with Gasteiger partial charge in [-0.25, -0.2) is 8.42 Å². The summed E-state index contributed by atoms with van der Waals surface area (Å²) in [4.78, 5) is 27.8. The van der Waals surface area contributed by atoms with Crippen LogP contribution in [0.3, 0.4) is 0 Å². The van der Waals surface area contributed by atoms with Gasteiger partial charge in [0.25, 0.3) is 11.6 Å². The minimum absolute atomic E-state index is 0.0889. The second-order valence-corrected chi connectivity index (χ2v) is 9.66. The van der Waals surface area contributed by atoms with E-state index in [4.69, 9.17) is 11.6 Å². The number of nitro groups is 1. The lowest BCUT2D eigenvalue weighted by atomic mass is 10.2. The van der Waals surface area contributed by atoms with Gasteiger partial charge in [-0.15, -0.1) is 0 Å². The van der Waals surface area contributed by atoms with Gasteiger partial charge in [0.05, 0.1) is 9.82 Å². The SMILES string of the molecule is Cc1ccc([N+](=O)[O-])cc1S(=O)(=O)N1CCN(C(=O)c2cc3ccc(Cl)cc3[nH]2)CC1. The van der Waals surface area contributed by atoms with Crippen molar-refractivity contribution in [3.63, 3.8) is 0 Å². The van der Waals surface area contributed by atoms with E-state index in [9.17, 15) is 23.3 Å². The van der Waals surface area contributed by atoms with Crippen molar-refractivity contribution in [2.24, 2.45) is 0 Å². The topological polar surface area (TPSA) is 117 Å². The minimum atomic E-state index is -3.92. The van der Waals surface area contributed by atoms with E-state index < -0.39 is 14.9 Å². The van der Waals surface area contributed by atoms with Crippen molar-refractivity contribution in [1.29, 1.82) is 0 Å². The average molecular weight is 463 g/mol. The van der Waals surface area contributed by atoms with E-state index >= 15 is 0 Å². The largest absolute Gasteiger partial charge is 0.350 e. The number of fused-ring (bicyclic) bond motifs is 1. The van der Waals surface area contributed by atoms with Gasteiger partial charge < -0.3 is 9.88 Å². The Labute approximate surface area is 183 Å². The lowest BCUT2D eigenvalue weighted by Crippen LogP contribution is -2.50. The van der Waals surface area contributed by atoms with Crippen LogP contribution in [0.4, 0.5) is 5.69 Å². The summed E-state index contributed by atoms with van der Waals surface area (Å²) < 4.78 is 27.4. The van der Waals surface area contributed by atoms with Crippen molar-refractivity contribution in [3.05, 3.63) is 68.9 Å². The highest BCUT2D eigenvalue weighted by Crippen LogP contribution is 2.26. The third kappa shape index (κ3) is 4.01. The van der Waals surface area contributed by atoms with Crippen molar-refractivity contribution in [3.8, 4) is 0 Å². The second kappa shape index (κ2) is 7.95. The normalized spacial score (nSPS) is 15.4. The summed E-state index contributed by atoms with van der Waals surface area (Å²) in [5.41, 5.74) is 1.30.